The van der Waals surface area contributed by atoms with Crippen LogP contribution in [0.1, 0.15) is 10.4 Å². The Labute approximate surface area is 190 Å². The van der Waals surface area contributed by atoms with Crippen LogP contribution < -0.4 is 0 Å². The lowest BCUT2D eigenvalue weighted by Gasteiger charge is -2.48. The second-order valence-electron chi connectivity index (χ2n) is 7.78. The Hall–Kier alpha value is -2.44. The van der Waals surface area contributed by atoms with E-state index in [1.54, 1.807) is 0 Å². The molecule has 15 nitrogen and oxygen atoms in total. The van der Waals surface area contributed by atoms with Crippen LogP contribution in [0.2, 0.25) is 0 Å². The lowest BCUT2D eigenvalue weighted by atomic mass is 9.74. The fourth-order valence-corrected chi connectivity index (χ4v) is 3.52. The van der Waals surface area contributed by atoms with Crippen molar-refractivity contribution in [2.24, 2.45) is 0 Å². The van der Waals surface area contributed by atoms with Crippen molar-refractivity contribution in [1.82, 2.24) is 0 Å². The van der Waals surface area contributed by atoms with Crippen molar-refractivity contribution in [3.05, 3.63) is 17.7 Å². The predicted octanol–water partition coefficient (Wildman–Crippen LogP) is -5.80. The van der Waals surface area contributed by atoms with Gasteiger partial charge in [0.1, 0.15) is 48.8 Å². The molecular formula is C19H26O15. The highest BCUT2D eigenvalue weighted by atomic mass is 16.6. The number of carbonyl (C=O) groups excluding carboxylic acids is 2. The summed E-state index contributed by atoms with van der Waals surface area (Å²) in [6.07, 6.45) is -18.5. The van der Waals surface area contributed by atoms with E-state index in [9.17, 15) is 65.8 Å². The van der Waals surface area contributed by atoms with Gasteiger partial charge in [0.2, 0.25) is 11.6 Å². The number of carbonyl (C=O) groups is 2. The summed E-state index contributed by atoms with van der Waals surface area (Å²) in [6.45, 7) is -2.25. The molecule has 0 aliphatic carbocycles. The Morgan fingerprint density at radius 1 is 0.941 bits per heavy atom. The normalized spacial score (nSPS) is 29.6. The van der Waals surface area contributed by atoms with E-state index in [4.69, 9.17) is 9.84 Å². The maximum absolute atomic E-state index is 13.1. The van der Waals surface area contributed by atoms with E-state index in [1.807, 2.05) is 0 Å². The van der Waals surface area contributed by atoms with Crippen molar-refractivity contribution >= 4 is 11.6 Å². The van der Waals surface area contributed by atoms with Crippen molar-refractivity contribution < 1.29 is 75.6 Å². The first-order valence-electron chi connectivity index (χ1n) is 9.75. The third-order valence-corrected chi connectivity index (χ3v) is 5.58. The summed E-state index contributed by atoms with van der Waals surface area (Å²) in [5, 5.41) is 119. The van der Waals surface area contributed by atoms with Crippen LogP contribution in [0.5, 0.6) is 17.2 Å². The molecule has 0 saturated carbocycles. The molecule has 0 bridgehead atoms. The molecule has 2 rings (SSSR count). The number of ketones is 2. The van der Waals surface area contributed by atoms with Crippen LogP contribution in [0.3, 0.4) is 0 Å². The van der Waals surface area contributed by atoms with Gasteiger partial charge in [-0.15, -0.1) is 0 Å². The van der Waals surface area contributed by atoms with E-state index in [2.05, 4.69) is 0 Å². The molecule has 1 fully saturated rings. The molecule has 1 aromatic carbocycles. The minimum Gasteiger partial charge on any atom is -0.504 e. The summed E-state index contributed by atoms with van der Waals surface area (Å²) >= 11 is 0. The van der Waals surface area contributed by atoms with Crippen molar-refractivity contribution in [2.75, 3.05) is 13.2 Å². The van der Waals surface area contributed by atoms with Crippen LogP contribution in [-0.2, 0) is 9.53 Å². The highest BCUT2D eigenvalue weighted by Crippen LogP contribution is 2.37. The molecule has 0 spiro atoms. The minimum absolute atomic E-state index is 0.494. The van der Waals surface area contributed by atoms with Crippen molar-refractivity contribution in [3.63, 3.8) is 0 Å². The largest absolute Gasteiger partial charge is 0.504 e. The zero-order valence-electron chi connectivity index (χ0n) is 17.3. The van der Waals surface area contributed by atoms with Gasteiger partial charge in [0.15, 0.2) is 22.8 Å². The summed E-state index contributed by atoms with van der Waals surface area (Å²) in [7, 11) is 0. The van der Waals surface area contributed by atoms with Gasteiger partial charge >= 0.3 is 0 Å². The van der Waals surface area contributed by atoms with Crippen molar-refractivity contribution in [1.29, 1.82) is 0 Å². The molecular weight excluding hydrogens is 468 g/mol. The van der Waals surface area contributed by atoms with Crippen LogP contribution >= 0.6 is 0 Å². The number of hydrogen-bond acceptors (Lipinski definition) is 15. The first-order valence-corrected chi connectivity index (χ1v) is 9.75. The standard InChI is InChI=1S/C19H26O15/c20-3-8(24)12(27)17(32)19(33,18-15(30)14(29)13(28)9(4-21)34-18)16(31)10(25)5-1-6(22)11(26)7(23)2-5/h1-2,8-9,12-15,17-18,20-24,26-30,32-33H,3-4H2/t8-,9-,12-,13-,14+,15-,17+,18?,19+/m1/s1. The lowest BCUT2D eigenvalue weighted by molar-refractivity contribution is -0.285. The number of ether oxygens (including phenoxy) is 1. The number of aliphatic hydroxyl groups excluding tert-OH is 8. The van der Waals surface area contributed by atoms with Crippen LogP contribution in [0, 0.1) is 0 Å². The fourth-order valence-electron chi connectivity index (χ4n) is 3.52. The summed E-state index contributed by atoms with van der Waals surface area (Å²) in [6, 6.07) is 0.989. The molecule has 1 saturated heterocycles. The monoisotopic (exact) mass is 494 g/mol. The number of phenols is 3. The van der Waals surface area contributed by atoms with Gasteiger partial charge in [-0.1, -0.05) is 0 Å². The first-order chi connectivity index (χ1) is 15.7. The highest BCUT2D eigenvalue weighted by Gasteiger charge is 2.62. The van der Waals surface area contributed by atoms with Gasteiger partial charge in [0, 0.05) is 5.56 Å². The van der Waals surface area contributed by atoms with E-state index in [1.165, 1.54) is 0 Å². The third kappa shape index (κ3) is 4.71. The van der Waals surface area contributed by atoms with E-state index < -0.39 is 102 Å². The summed E-state index contributed by atoms with van der Waals surface area (Å²) in [5.74, 6) is -7.05. The van der Waals surface area contributed by atoms with Gasteiger partial charge < -0.3 is 66.0 Å². The van der Waals surface area contributed by atoms with Crippen LogP contribution in [0.4, 0.5) is 0 Å². The number of phenolic OH excluding ortho intramolecular Hbond substituents is 3. The van der Waals surface area contributed by atoms with Gasteiger partial charge in [0.25, 0.3) is 0 Å². The molecule has 15 heteroatoms. The molecule has 0 radical (unpaired) electrons. The SMILES string of the molecule is O=C(C(=O)[C@@](O)(C1O[C@H](CO)[C@@H](O)[C@H](O)[C@H]1O)[C@@H](O)[C@H](O)[C@H](O)CO)c1cc(O)c(O)c(O)c1. The number of Topliss-reactive ketones (excluding diaryl/α,β-unsaturated/α-hetero) is 2. The molecule has 1 heterocycles. The van der Waals surface area contributed by atoms with Crippen molar-refractivity contribution in [2.45, 2.75) is 54.4 Å². The van der Waals surface area contributed by atoms with Gasteiger partial charge in [0.05, 0.1) is 13.2 Å². The Morgan fingerprint density at radius 3 is 1.94 bits per heavy atom. The van der Waals surface area contributed by atoms with Gasteiger partial charge in [-0.05, 0) is 12.1 Å². The van der Waals surface area contributed by atoms with Crippen LogP contribution in [-0.4, -0.2) is 140 Å². The maximum Gasteiger partial charge on any atom is 0.240 e. The molecule has 1 aromatic rings. The Balaban J connectivity index is 2.63. The zero-order chi connectivity index (χ0) is 26.1. The van der Waals surface area contributed by atoms with Gasteiger partial charge in [-0.3, -0.25) is 9.59 Å². The quantitative estimate of drug-likeness (QED) is 0.0864. The average molecular weight is 494 g/mol. The number of hydrogen-bond donors (Lipinski definition) is 12. The molecule has 1 aliphatic rings. The first kappa shape index (κ1) is 27.8. The van der Waals surface area contributed by atoms with Gasteiger partial charge in [-0.2, -0.15) is 0 Å². The second-order valence-corrected chi connectivity index (χ2v) is 7.78. The number of aliphatic hydroxyl groups is 9. The molecule has 1 aliphatic heterocycles. The van der Waals surface area contributed by atoms with E-state index >= 15 is 0 Å². The van der Waals surface area contributed by atoms with Crippen LogP contribution in [0.15, 0.2) is 12.1 Å². The van der Waals surface area contributed by atoms with E-state index in [-0.39, 0.29) is 0 Å². The predicted molar refractivity (Wildman–Crippen MR) is 105 cm³/mol. The highest BCUT2D eigenvalue weighted by molar-refractivity contribution is 6.46. The summed E-state index contributed by atoms with van der Waals surface area (Å²) in [4.78, 5) is 25.9. The molecule has 0 amide bonds. The smallest absolute Gasteiger partial charge is 0.240 e. The van der Waals surface area contributed by atoms with Crippen molar-refractivity contribution in [3.8, 4) is 17.2 Å². The number of aromatic hydroxyl groups is 3. The molecule has 12 N–H and O–H groups in total. The Bertz CT molecular complexity index is 881. The second kappa shape index (κ2) is 10.4. The Morgan fingerprint density at radius 2 is 1.47 bits per heavy atom. The fraction of sp³-hybridized carbons (Fsp3) is 0.579. The molecule has 1 unspecified atom stereocenters. The van der Waals surface area contributed by atoms with E-state index in [0.29, 0.717) is 12.1 Å². The zero-order valence-corrected chi connectivity index (χ0v) is 17.3. The lowest BCUT2D eigenvalue weighted by Crippen LogP contribution is -2.73. The molecule has 34 heavy (non-hydrogen) atoms. The topological polar surface area (TPSA) is 286 Å². The average Bonchev–Trinajstić information content (AvgIpc) is 2.82. The number of rotatable bonds is 9. The van der Waals surface area contributed by atoms with Gasteiger partial charge in [-0.25, -0.2) is 0 Å². The Kier molecular flexibility index (Phi) is 8.54. The third-order valence-electron chi connectivity index (χ3n) is 5.58. The summed E-state index contributed by atoms with van der Waals surface area (Å²) < 4.78 is 5.07. The molecule has 0 aromatic heterocycles. The summed E-state index contributed by atoms with van der Waals surface area (Å²) in [5.41, 5.74) is -4.57. The minimum atomic E-state index is -3.72. The number of benzene rings is 1. The maximum atomic E-state index is 13.1. The molecule has 192 valence electrons. The van der Waals surface area contributed by atoms with Crippen LogP contribution in [0.25, 0.3) is 0 Å². The van der Waals surface area contributed by atoms with E-state index in [0.717, 1.165) is 0 Å². The molecule has 9 atom stereocenters.